The summed E-state index contributed by atoms with van der Waals surface area (Å²) >= 11 is 3.16. The van der Waals surface area contributed by atoms with Crippen molar-refractivity contribution in [2.45, 2.75) is 36.3 Å². The number of likely N-dealkylation sites (tertiary alicyclic amines) is 1. The van der Waals surface area contributed by atoms with Crippen molar-refractivity contribution in [3.63, 3.8) is 0 Å². The minimum atomic E-state index is -0.252. The molecule has 0 radical (unpaired) electrons. The first-order valence-corrected chi connectivity index (χ1v) is 12.3. The highest BCUT2D eigenvalue weighted by Gasteiger charge is 2.44. The summed E-state index contributed by atoms with van der Waals surface area (Å²) in [7, 11) is 2.16. The van der Waals surface area contributed by atoms with E-state index in [1.54, 1.807) is 23.1 Å². The number of aryl methyl sites for hydroxylation is 1. The van der Waals surface area contributed by atoms with Crippen molar-refractivity contribution in [3.05, 3.63) is 11.1 Å². The van der Waals surface area contributed by atoms with Crippen LogP contribution >= 0.6 is 23.1 Å². The second kappa shape index (κ2) is 10.9. The van der Waals surface area contributed by atoms with Crippen LogP contribution in [-0.4, -0.2) is 106 Å². The Bertz CT molecular complexity index is 711. The topological polar surface area (TPSA) is 97.2 Å². The van der Waals surface area contributed by atoms with Gasteiger partial charge in [-0.25, -0.2) is 4.98 Å². The normalized spacial score (nSPS) is 29.8. The summed E-state index contributed by atoms with van der Waals surface area (Å²) in [5, 5.41) is 19.7. The Labute approximate surface area is 186 Å². The second-order valence-electron chi connectivity index (χ2n) is 8.41. The van der Waals surface area contributed by atoms with Crippen LogP contribution in [0.5, 0.6) is 0 Å². The van der Waals surface area contributed by atoms with Crippen molar-refractivity contribution >= 4 is 35.5 Å². The Hall–Kier alpha value is -1.20. The first kappa shape index (κ1) is 23.5. The third-order valence-electron chi connectivity index (χ3n) is 6.39. The molecule has 10 heteroatoms. The molecule has 4 rings (SSSR count). The van der Waals surface area contributed by atoms with Crippen LogP contribution in [0.15, 0.2) is 9.72 Å². The Balaban J connectivity index is 0.000000806. The molecule has 2 saturated heterocycles. The van der Waals surface area contributed by atoms with Crippen molar-refractivity contribution in [2.24, 2.45) is 11.8 Å². The molecule has 3 heterocycles. The van der Waals surface area contributed by atoms with Crippen LogP contribution in [0.4, 0.5) is 0 Å². The number of thiazole rings is 1. The number of fused-ring (bicyclic) bond motifs is 1. The van der Waals surface area contributed by atoms with Crippen molar-refractivity contribution < 1.29 is 19.8 Å². The second-order valence-corrected chi connectivity index (χ2v) is 10.5. The molecule has 0 spiro atoms. The molecule has 4 atom stereocenters. The van der Waals surface area contributed by atoms with Crippen LogP contribution in [0.1, 0.15) is 18.5 Å². The van der Waals surface area contributed by atoms with Crippen molar-refractivity contribution in [1.29, 1.82) is 0 Å². The van der Waals surface area contributed by atoms with E-state index in [1.807, 2.05) is 17.2 Å². The summed E-state index contributed by atoms with van der Waals surface area (Å²) in [5.74, 6) is 1.68. The van der Waals surface area contributed by atoms with Gasteiger partial charge in [0, 0.05) is 56.4 Å². The number of hydrogen-bond donors (Lipinski definition) is 2. The van der Waals surface area contributed by atoms with Gasteiger partial charge in [0.1, 0.15) is 0 Å². The molecule has 1 aromatic rings. The molecular formula is C20H32N4O4S2. The average molecular weight is 457 g/mol. The molecular weight excluding hydrogens is 424 g/mol. The third-order valence-corrected chi connectivity index (χ3v) is 8.51. The Kier molecular flexibility index (Phi) is 8.52. The van der Waals surface area contributed by atoms with Crippen LogP contribution in [0.25, 0.3) is 0 Å². The van der Waals surface area contributed by atoms with Gasteiger partial charge in [0.15, 0.2) is 4.34 Å². The number of carbonyl (C=O) groups excluding carboxylic acids is 1. The standard InChI is InChI=1S/C19H30N4O2S2.CH2O2/c1-13-11-26-19(20-13)27-12-18(25)23-9-14-7-16(17(24)8-15(14)10-23)22-5-3-21(2)4-6-22;2-1-3/h11,14-17,24H,3-10,12H2,1-2H3;1H,(H,2,3)/t14-,15+,16-,17-;/m1./s1. The fraction of sp³-hybridized carbons (Fsp3) is 0.750. The molecule has 8 nitrogen and oxygen atoms in total. The highest BCUT2D eigenvalue weighted by molar-refractivity contribution is 8.01. The highest BCUT2D eigenvalue weighted by atomic mass is 32.2. The fourth-order valence-corrected chi connectivity index (χ4v) is 6.52. The first-order chi connectivity index (χ1) is 14.4. The number of carbonyl (C=O) groups is 2. The molecule has 1 saturated carbocycles. The number of aliphatic hydroxyl groups is 1. The number of carboxylic acid groups (broad SMARTS) is 1. The minimum absolute atomic E-state index is 0.216. The van der Waals surface area contributed by atoms with Crippen molar-refractivity contribution in [3.8, 4) is 0 Å². The van der Waals surface area contributed by atoms with Gasteiger partial charge in [0.05, 0.1) is 11.9 Å². The number of thioether (sulfide) groups is 1. The molecule has 1 aliphatic carbocycles. The predicted octanol–water partition coefficient (Wildman–Crippen LogP) is 1.09. The van der Waals surface area contributed by atoms with E-state index in [2.05, 4.69) is 21.8 Å². The third kappa shape index (κ3) is 5.94. The summed E-state index contributed by atoms with van der Waals surface area (Å²) in [5.41, 5.74) is 1.02. The number of hydrogen-bond acceptors (Lipinski definition) is 8. The molecule has 3 fully saturated rings. The lowest BCUT2D eigenvalue weighted by molar-refractivity contribution is -0.127. The van der Waals surface area contributed by atoms with E-state index >= 15 is 0 Å². The number of rotatable bonds is 4. The van der Waals surface area contributed by atoms with Crippen LogP contribution < -0.4 is 0 Å². The lowest BCUT2D eigenvalue weighted by Gasteiger charge is -2.44. The maximum atomic E-state index is 12.7. The van der Waals surface area contributed by atoms with Gasteiger partial charge < -0.3 is 20.0 Å². The van der Waals surface area contributed by atoms with Gasteiger partial charge in [-0.05, 0) is 38.6 Å². The Morgan fingerprint density at radius 2 is 1.90 bits per heavy atom. The van der Waals surface area contributed by atoms with E-state index in [9.17, 15) is 9.90 Å². The van der Waals surface area contributed by atoms with E-state index in [0.29, 0.717) is 17.6 Å². The zero-order chi connectivity index (χ0) is 21.7. The summed E-state index contributed by atoms with van der Waals surface area (Å²) in [6, 6.07) is 0.266. The van der Waals surface area contributed by atoms with E-state index in [4.69, 9.17) is 9.90 Å². The maximum Gasteiger partial charge on any atom is 0.290 e. The van der Waals surface area contributed by atoms with E-state index in [0.717, 1.165) is 62.1 Å². The predicted molar refractivity (Wildman–Crippen MR) is 118 cm³/mol. The van der Waals surface area contributed by atoms with Crippen molar-refractivity contribution in [2.75, 3.05) is 52.1 Å². The average Bonchev–Trinajstić information content (AvgIpc) is 3.32. The number of nitrogens with zero attached hydrogens (tertiary/aromatic N) is 4. The van der Waals surface area contributed by atoms with Crippen molar-refractivity contribution in [1.82, 2.24) is 19.7 Å². The summed E-state index contributed by atoms with van der Waals surface area (Å²) in [4.78, 5) is 32.3. The maximum absolute atomic E-state index is 12.7. The molecule has 2 N–H and O–H groups in total. The molecule has 3 aliphatic rings. The SMILES string of the molecule is Cc1csc(SCC(=O)N2C[C@H]3C[C@@H](N4CCN(C)CC4)[C@H](O)C[C@H]3C2)n1.O=CO. The van der Waals surface area contributed by atoms with E-state index in [1.165, 1.54) is 0 Å². The monoisotopic (exact) mass is 456 g/mol. The van der Waals surface area contributed by atoms with E-state index < -0.39 is 0 Å². The molecule has 168 valence electrons. The molecule has 0 unspecified atom stereocenters. The van der Waals surface area contributed by atoms with Gasteiger partial charge in [-0.1, -0.05) is 11.8 Å². The highest BCUT2D eigenvalue weighted by Crippen LogP contribution is 2.39. The van der Waals surface area contributed by atoms with Gasteiger partial charge in [-0.3, -0.25) is 14.5 Å². The number of piperazine rings is 1. The zero-order valence-electron chi connectivity index (χ0n) is 17.6. The summed E-state index contributed by atoms with van der Waals surface area (Å²) in [6.45, 7) is 7.65. The quantitative estimate of drug-likeness (QED) is 0.513. The van der Waals surface area contributed by atoms with Gasteiger partial charge in [0.25, 0.3) is 6.47 Å². The molecule has 30 heavy (non-hydrogen) atoms. The summed E-state index contributed by atoms with van der Waals surface area (Å²) < 4.78 is 0.975. The fourth-order valence-electron chi connectivity index (χ4n) is 4.77. The smallest absolute Gasteiger partial charge is 0.290 e. The molecule has 1 amide bonds. The minimum Gasteiger partial charge on any atom is -0.483 e. The first-order valence-electron chi connectivity index (χ1n) is 10.4. The Morgan fingerprint density at radius 1 is 1.27 bits per heavy atom. The van der Waals surface area contributed by atoms with Crippen LogP contribution in [-0.2, 0) is 9.59 Å². The lowest BCUT2D eigenvalue weighted by atomic mass is 9.77. The number of amides is 1. The van der Waals surface area contributed by atoms with E-state index in [-0.39, 0.29) is 24.5 Å². The molecule has 0 bridgehead atoms. The largest absolute Gasteiger partial charge is 0.483 e. The number of aromatic nitrogens is 1. The Morgan fingerprint density at radius 3 is 2.50 bits per heavy atom. The lowest BCUT2D eigenvalue weighted by Crippen LogP contribution is -2.55. The molecule has 2 aliphatic heterocycles. The van der Waals surface area contributed by atoms with Gasteiger partial charge >= 0.3 is 0 Å². The number of aliphatic hydroxyl groups excluding tert-OH is 1. The van der Waals surface area contributed by atoms with Gasteiger partial charge in [0.2, 0.25) is 5.91 Å². The van der Waals surface area contributed by atoms with Gasteiger partial charge in [-0.15, -0.1) is 11.3 Å². The van der Waals surface area contributed by atoms with Crippen LogP contribution in [0, 0.1) is 18.8 Å². The summed E-state index contributed by atoms with van der Waals surface area (Å²) in [6.07, 6.45) is 1.61. The molecule has 1 aromatic heterocycles. The van der Waals surface area contributed by atoms with Crippen LogP contribution in [0.2, 0.25) is 0 Å². The van der Waals surface area contributed by atoms with Gasteiger partial charge in [-0.2, -0.15) is 0 Å². The number of likely N-dealkylation sites (N-methyl/N-ethyl adjacent to an activating group) is 1. The van der Waals surface area contributed by atoms with Crippen LogP contribution in [0.3, 0.4) is 0 Å². The molecule has 0 aromatic carbocycles. The zero-order valence-corrected chi connectivity index (χ0v) is 19.3.